The molecule has 3 aromatic carbocycles. The third-order valence-corrected chi connectivity index (χ3v) is 7.18. The van der Waals surface area contributed by atoms with Crippen LogP contribution in [0.4, 0.5) is 0 Å². The summed E-state index contributed by atoms with van der Waals surface area (Å²) in [7, 11) is 0. The number of aromatic nitrogens is 2. The maximum atomic E-state index is 13.2. The Morgan fingerprint density at radius 2 is 1.81 bits per heavy atom. The number of hydrogen-bond donors (Lipinski definition) is 0. The van der Waals surface area contributed by atoms with Gasteiger partial charge >= 0.3 is 0 Å². The molecule has 7 nitrogen and oxygen atoms in total. The van der Waals surface area contributed by atoms with E-state index in [1.807, 2.05) is 56.3 Å². The molecule has 1 aliphatic rings. The van der Waals surface area contributed by atoms with Crippen LogP contribution in [0.3, 0.4) is 0 Å². The van der Waals surface area contributed by atoms with Crippen LogP contribution in [0.5, 0.6) is 17.2 Å². The Morgan fingerprint density at radius 3 is 2.56 bits per heavy atom. The van der Waals surface area contributed by atoms with Gasteiger partial charge in [0.15, 0.2) is 11.5 Å². The second-order valence-corrected chi connectivity index (χ2v) is 11.1. The molecular weight excluding hydrogens is 658 g/mol. The van der Waals surface area contributed by atoms with E-state index in [2.05, 4.69) is 57.9 Å². The highest BCUT2D eigenvalue weighted by Gasteiger charge is 2.16. The van der Waals surface area contributed by atoms with Crippen LogP contribution in [0.25, 0.3) is 10.9 Å². The molecule has 0 spiro atoms. The van der Waals surface area contributed by atoms with Crippen molar-refractivity contribution in [2.24, 2.45) is 5.10 Å². The number of halogens is 3. The molecule has 36 heavy (non-hydrogen) atoms. The third kappa shape index (κ3) is 5.07. The fourth-order valence-electron chi connectivity index (χ4n) is 3.75. The molecule has 0 unspecified atom stereocenters. The standard InChI is InChI=1S/C26H20Br3N3O4/c1-14(2)25-31-21-5-4-17(27)10-18(21)26(33)32(25)30-11-16-7-19(28)24(20(29)8-16)34-12-15-3-6-22-23(9-15)36-13-35-22/h3-11,14H,12-13H2,1-2H3. The molecule has 0 fully saturated rings. The van der Waals surface area contributed by atoms with Gasteiger partial charge in [-0.2, -0.15) is 9.78 Å². The average molecular weight is 678 g/mol. The van der Waals surface area contributed by atoms with Crippen LogP contribution < -0.4 is 19.8 Å². The molecule has 0 N–H and O–H groups in total. The molecule has 1 aromatic heterocycles. The van der Waals surface area contributed by atoms with Gasteiger partial charge in [0.25, 0.3) is 5.56 Å². The Balaban J connectivity index is 1.42. The van der Waals surface area contributed by atoms with E-state index in [4.69, 9.17) is 14.2 Å². The van der Waals surface area contributed by atoms with Crippen molar-refractivity contribution in [3.05, 3.63) is 89.3 Å². The first kappa shape index (κ1) is 25.0. The Bertz CT molecular complexity index is 1540. The van der Waals surface area contributed by atoms with Crippen LogP contribution in [0.2, 0.25) is 0 Å². The van der Waals surface area contributed by atoms with Gasteiger partial charge in [-0.3, -0.25) is 4.79 Å². The van der Waals surface area contributed by atoms with Crippen molar-refractivity contribution in [3.8, 4) is 17.2 Å². The summed E-state index contributed by atoms with van der Waals surface area (Å²) in [5.74, 6) is 2.70. The first-order valence-electron chi connectivity index (χ1n) is 11.1. The highest BCUT2D eigenvalue weighted by molar-refractivity contribution is 9.11. The lowest BCUT2D eigenvalue weighted by molar-refractivity contribution is 0.174. The molecule has 0 amide bonds. The minimum atomic E-state index is -0.219. The molecule has 0 bridgehead atoms. The smallest absolute Gasteiger partial charge is 0.282 e. The van der Waals surface area contributed by atoms with Crippen LogP contribution in [0, 0.1) is 0 Å². The zero-order chi connectivity index (χ0) is 25.4. The maximum absolute atomic E-state index is 13.2. The van der Waals surface area contributed by atoms with Gasteiger partial charge < -0.3 is 14.2 Å². The van der Waals surface area contributed by atoms with E-state index in [1.165, 1.54) is 4.68 Å². The summed E-state index contributed by atoms with van der Waals surface area (Å²) >= 11 is 10.6. The third-order valence-electron chi connectivity index (χ3n) is 5.51. The number of fused-ring (bicyclic) bond motifs is 2. The second kappa shape index (κ2) is 10.4. The lowest BCUT2D eigenvalue weighted by atomic mass is 10.2. The van der Waals surface area contributed by atoms with Gasteiger partial charge in [-0.05, 0) is 85.5 Å². The van der Waals surface area contributed by atoms with Gasteiger partial charge in [0.05, 0.1) is 26.1 Å². The molecule has 0 atom stereocenters. The van der Waals surface area contributed by atoms with E-state index in [0.717, 1.165) is 30.3 Å². The summed E-state index contributed by atoms with van der Waals surface area (Å²) in [5, 5.41) is 5.01. The molecule has 10 heteroatoms. The Morgan fingerprint density at radius 1 is 1.06 bits per heavy atom. The normalized spacial score (nSPS) is 12.7. The van der Waals surface area contributed by atoms with Crippen LogP contribution in [-0.2, 0) is 6.61 Å². The van der Waals surface area contributed by atoms with Crippen LogP contribution in [-0.4, -0.2) is 22.7 Å². The number of ether oxygens (including phenoxy) is 3. The predicted molar refractivity (Wildman–Crippen MR) is 150 cm³/mol. The van der Waals surface area contributed by atoms with Gasteiger partial charge in [0.1, 0.15) is 18.2 Å². The molecule has 2 heterocycles. The minimum Gasteiger partial charge on any atom is -0.487 e. The zero-order valence-electron chi connectivity index (χ0n) is 19.3. The topological polar surface area (TPSA) is 74.9 Å². The molecule has 4 aromatic rings. The summed E-state index contributed by atoms with van der Waals surface area (Å²) < 4.78 is 20.5. The van der Waals surface area contributed by atoms with Crippen LogP contribution >= 0.6 is 47.8 Å². The summed E-state index contributed by atoms with van der Waals surface area (Å²) in [6, 6.07) is 15.0. The molecule has 0 saturated heterocycles. The monoisotopic (exact) mass is 675 g/mol. The van der Waals surface area contributed by atoms with Gasteiger partial charge in [0, 0.05) is 10.4 Å². The molecule has 0 saturated carbocycles. The Labute approximate surface area is 232 Å². The predicted octanol–water partition coefficient (Wildman–Crippen LogP) is 7.00. The van der Waals surface area contributed by atoms with Crippen LogP contribution in [0.1, 0.15) is 36.7 Å². The fraction of sp³-hybridized carbons (Fsp3) is 0.192. The van der Waals surface area contributed by atoms with E-state index in [9.17, 15) is 4.79 Å². The zero-order valence-corrected chi connectivity index (χ0v) is 24.1. The second-order valence-electron chi connectivity index (χ2n) is 8.44. The molecular formula is C26H20Br3N3O4. The molecule has 0 radical (unpaired) electrons. The van der Waals surface area contributed by atoms with Crippen molar-refractivity contribution in [1.29, 1.82) is 0 Å². The van der Waals surface area contributed by atoms with E-state index >= 15 is 0 Å². The Hall–Kier alpha value is -2.69. The number of nitrogens with zero attached hydrogens (tertiary/aromatic N) is 3. The summed E-state index contributed by atoms with van der Waals surface area (Å²) in [4.78, 5) is 17.9. The van der Waals surface area contributed by atoms with Crippen molar-refractivity contribution in [3.63, 3.8) is 0 Å². The summed E-state index contributed by atoms with van der Waals surface area (Å²) in [6.07, 6.45) is 1.63. The maximum Gasteiger partial charge on any atom is 0.282 e. The quantitative estimate of drug-likeness (QED) is 0.206. The number of rotatable bonds is 6. The van der Waals surface area contributed by atoms with Crippen molar-refractivity contribution in [2.45, 2.75) is 26.4 Å². The Kier molecular flexibility index (Phi) is 7.18. The summed E-state index contributed by atoms with van der Waals surface area (Å²) in [6.45, 7) is 4.56. The van der Waals surface area contributed by atoms with Gasteiger partial charge in [-0.15, -0.1) is 0 Å². The van der Waals surface area contributed by atoms with Crippen molar-refractivity contribution >= 4 is 64.9 Å². The first-order chi connectivity index (χ1) is 17.3. The molecule has 0 aliphatic carbocycles. The van der Waals surface area contributed by atoms with E-state index in [-0.39, 0.29) is 18.3 Å². The van der Waals surface area contributed by atoms with Crippen molar-refractivity contribution in [1.82, 2.24) is 9.66 Å². The highest BCUT2D eigenvalue weighted by atomic mass is 79.9. The highest BCUT2D eigenvalue weighted by Crippen LogP contribution is 2.36. The van der Waals surface area contributed by atoms with Crippen LogP contribution in [0.15, 0.2) is 71.8 Å². The average Bonchev–Trinajstić information content (AvgIpc) is 3.31. The van der Waals surface area contributed by atoms with Gasteiger partial charge in [-0.25, -0.2) is 4.98 Å². The fourth-order valence-corrected chi connectivity index (χ4v) is 5.57. The van der Waals surface area contributed by atoms with E-state index < -0.39 is 0 Å². The number of benzene rings is 3. The van der Waals surface area contributed by atoms with Crippen molar-refractivity contribution in [2.75, 3.05) is 6.79 Å². The minimum absolute atomic E-state index is 0.00771. The lowest BCUT2D eigenvalue weighted by Crippen LogP contribution is -2.23. The lowest BCUT2D eigenvalue weighted by Gasteiger charge is -2.13. The van der Waals surface area contributed by atoms with E-state index in [0.29, 0.717) is 34.8 Å². The number of hydrogen-bond acceptors (Lipinski definition) is 6. The SMILES string of the molecule is CC(C)c1nc2ccc(Br)cc2c(=O)n1N=Cc1cc(Br)c(OCc2ccc3c(c2)OCO3)c(Br)c1. The van der Waals surface area contributed by atoms with E-state index in [1.54, 1.807) is 12.3 Å². The first-order valence-corrected chi connectivity index (χ1v) is 13.4. The molecule has 1 aliphatic heterocycles. The van der Waals surface area contributed by atoms with Crippen molar-refractivity contribution < 1.29 is 14.2 Å². The largest absolute Gasteiger partial charge is 0.487 e. The molecule has 5 rings (SSSR count). The molecule has 184 valence electrons. The van der Waals surface area contributed by atoms with Gasteiger partial charge in [0.2, 0.25) is 6.79 Å². The summed E-state index contributed by atoms with van der Waals surface area (Å²) in [5.41, 5.74) is 2.16. The van der Waals surface area contributed by atoms with Gasteiger partial charge in [-0.1, -0.05) is 35.8 Å².